The first-order chi connectivity index (χ1) is 4.98. The van der Waals surface area contributed by atoms with Crippen LogP contribution in [0.25, 0.3) is 0 Å². The Labute approximate surface area is 66.1 Å². The van der Waals surface area contributed by atoms with Crippen LogP contribution in [0.1, 0.15) is 13.3 Å². The van der Waals surface area contributed by atoms with Crippen molar-refractivity contribution in [2.75, 3.05) is 6.61 Å². The molecule has 0 aromatic heterocycles. The first-order valence-electron chi connectivity index (χ1n) is 3.07. The Bertz CT molecular complexity index is 210. The first-order valence-corrected chi connectivity index (χ1v) is 4.51. The molecule has 11 heavy (non-hydrogen) atoms. The third kappa shape index (κ3) is 4.92. The molecule has 0 fully saturated rings. The molecule has 0 spiro atoms. The maximum Gasteiger partial charge on any atom is 0.329 e. The molecule has 65 valence electrons. The lowest BCUT2D eigenvalue weighted by Gasteiger charge is -2.06. The van der Waals surface area contributed by atoms with Gasteiger partial charge >= 0.3 is 10.2 Å². The van der Waals surface area contributed by atoms with E-state index in [4.69, 9.17) is 6.58 Å². The molecule has 0 N–H and O–H groups in total. The average Bonchev–Trinajstić information content (AvgIpc) is 1.86. The van der Waals surface area contributed by atoms with Crippen molar-refractivity contribution in [3.63, 3.8) is 0 Å². The molecule has 5 heteroatoms. The third-order valence-electron chi connectivity index (χ3n) is 1.03. The molecule has 1 atom stereocenters. The van der Waals surface area contributed by atoms with E-state index >= 15 is 0 Å². The van der Waals surface area contributed by atoms with Crippen LogP contribution in [0, 0.1) is 6.58 Å². The number of rotatable bonds is 5. The summed E-state index contributed by atoms with van der Waals surface area (Å²) >= 11 is 0. The van der Waals surface area contributed by atoms with Crippen LogP contribution in [0.5, 0.6) is 0 Å². The molecule has 0 aliphatic carbocycles. The van der Waals surface area contributed by atoms with Crippen molar-refractivity contribution in [1.82, 2.24) is 0 Å². The van der Waals surface area contributed by atoms with Crippen LogP contribution in [-0.4, -0.2) is 20.5 Å². The monoisotopic (exact) mass is 181 g/mol. The van der Waals surface area contributed by atoms with Crippen molar-refractivity contribution in [1.29, 1.82) is 0 Å². The minimum Gasteiger partial charge on any atom is -0.359 e. The fourth-order valence-electron chi connectivity index (χ4n) is 0.383. The number of hydrogen-bond donors (Lipinski definition) is 0. The molecule has 0 aliphatic rings. The van der Waals surface area contributed by atoms with Gasteiger partial charge in [-0.25, -0.2) is 0 Å². The molecule has 0 aliphatic heterocycles. The second-order valence-electron chi connectivity index (χ2n) is 1.94. The number of hydrogen-bond acceptors (Lipinski definition) is 3. The molecule has 0 amide bonds. The van der Waals surface area contributed by atoms with Gasteiger partial charge in [-0.3, -0.25) is 0 Å². The van der Waals surface area contributed by atoms with Gasteiger partial charge in [-0.1, -0.05) is 12.7 Å². The summed E-state index contributed by atoms with van der Waals surface area (Å²) in [5.41, 5.74) is -1.40. The van der Waals surface area contributed by atoms with Crippen molar-refractivity contribution in [2.24, 2.45) is 0 Å². The molecule has 0 heterocycles. The van der Waals surface area contributed by atoms with Crippen LogP contribution in [0.4, 0.5) is 3.89 Å². The lowest BCUT2D eigenvalue weighted by molar-refractivity contribution is 0.117. The predicted molar refractivity (Wildman–Crippen MR) is 38.9 cm³/mol. The van der Waals surface area contributed by atoms with Crippen LogP contribution >= 0.6 is 0 Å². The summed E-state index contributed by atoms with van der Waals surface area (Å²) < 4.78 is 36.8. The van der Waals surface area contributed by atoms with E-state index in [2.05, 4.69) is 4.74 Å². The summed E-state index contributed by atoms with van der Waals surface area (Å²) in [6.45, 7) is 6.22. The minimum atomic E-state index is -4.56. The third-order valence-corrected chi connectivity index (χ3v) is 1.96. The predicted octanol–water partition coefficient (Wildman–Crippen LogP) is 1.03. The second-order valence-corrected chi connectivity index (χ2v) is 3.55. The zero-order chi connectivity index (χ0) is 8.91. The largest absolute Gasteiger partial charge is 0.359 e. The van der Waals surface area contributed by atoms with Crippen LogP contribution in [0.15, 0.2) is 6.08 Å². The van der Waals surface area contributed by atoms with Crippen molar-refractivity contribution in [3.05, 3.63) is 12.7 Å². The lowest BCUT2D eigenvalue weighted by Crippen LogP contribution is -2.17. The maximum absolute atomic E-state index is 12.0. The van der Waals surface area contributed by atoms with E-state index < -0.39 is 15.7 Å². The number of ether oxygens (including phenoxy) is 1. The van der Waals surface area contributed by atoms with Crippen molar-refractivity contribution in [2.45, 2.75) is 18.8 Å². The van der Waals surface area contributed by atoms with Gasteiger partial charge in [-0.05, 0) is 13.3 Å². The van der Waals surface area contributed by atoms with E-state index in [0.29, 0.717) is 6.42 Å². The van der Waals surface area contributed by atoms with E-state index in [1.54, 1.807) is 0 Å². The maximum atomic E-state index is 12.0. The van der Waals surface area contributed by atoms with Crippen LogP contribution in [0.3, 0.4) is 0 Å². The highest BCUT2D eigenvalue weighted by Crippen LogP contribution is 2.04. The van der Waals surface area contributed by atoms with Crippen molar-refractivity contribution < 1.29 is 17.0 Å². The van der Waals surface area contributed by atoms with Gasteiger partial charge in [0.15, 0.2) is 5.44 Å². The Morgan fingerprint density at radius 3 is 2.64 bits per heavy atom. The molecule has 0 aromatic rings. The normalized spacial score (nSPS) is 14.4. The van der Waals surface area contributed by atoms with Gasteiger partial charge in [0.25, 0.3) is 0 Å². The van der Waals surface area contributed by atoms with Crippen molar-refractivity contribution in [3.8, 4) is 0 Å². The summed E-state index contributed by atoms with van der Waals surface area (Å²) in [7, 11) is -4.56. The summed E-state index contributed by atoms with van der Waals surface area (Å²) in [4.78, 5) is 0. The molecule has 1 unspecified atom stereocenters. The highest BCUT2D eigenvalue weighted by Gasteiger charge is 2.18. The second kappa shape index (κ2) is 4.46. The standard InChI is InChI=1S/C6H10FO3S/c1-3-4-5-10-6(2)11(7,8)9/h1,3,6H,4-5H2,2H3. The molecule has 1 radical (unpaired) electrons. The topological polar surface area (TPSA) is 43.4 Å². The van der Waals surface area contributed by atoms with E-state index in [1.165, 1.54) is 6.08 Å². The number of halogens is 1. The van der Waals surface area contributed by atoms with E-state index in [0.717, 1.165) is 6.92 Å². The Hall–Kier alpha value is -0.420. The molecule has 0 saturated carbocycles. The fourth-order valence-corrected chi connectivity index (χ4v) is 0.642. The zero-order valence-corrected chi connectivity index (χ0v) is 6.97. The van der Waals surface area contributed by atoms with Gasteiger partial charge in [0.1, 0.15) is 0 Å². The first kappa shape index (κ1) is 10.6. The molecular formula is C6H10FO3S. The smallest absolute Gasteiger partial charge is 0.329 e. The Morgan fingerprint density at radius 2 is 2.27 bits per heavy atom. The van der Waals surface area contributed by atoms with E-state index in [9.17, 15) is 12.3 Å². The molecule has 3 nitrogen and oxygen atoms in total. The average molecular weight is 181 g/mol. The summed E-state index contributed by atoms with van der Waals surface area (Å²) in [5.74, 6) is 0. The molecule has 0 saturated heterocycles. The Balaban J connectivity index is 3.70. The van der Waals surface area contributed by atoms with E-state index in [-0.39, 0.29) is 6.61 Å². The molecule has 0 aromatic carbocycles. The zero-order valence-electron chi connectivity index (χ0n) is 6.16. The van der Waals surface area contributed by atoms with Crippen LogP contribution in [-0.2, 0) is 15.0 Å². The molecular weight excluding hydrogens is 171 g/mol. The van der Waals surface area contributed by atoms with Gasteiger partial charge in [-0.15, -0.1) is 3.89 Å². The van der Waals surface area contributed by atoms with Gasteiger partial charge in [-0.2, -0.15) is 8.42 Å². The van der Waals surface area contributed by atoms with Gasteiger partial charge in [0.05, 0.1) is 6.61 Å². The van der Waals surface area contributed by atoms with Gasteiger partial charge < -0.3 is 4.74 Å². The fraction of sp³-hybridized carbons (Fsp3) is 0.667. The van der Waals surface area contributed by atoms with Gasteiger partial charge in [0, 0.05) is 0 Å². The Morgan fingerprint density at radius 1 is 1.73 bits per heavy atom. The summed E-state index contributed by atoms with van der Waals surface area (Å²) in [6, 6.07) is 0. The molecule has 0 rings (SSSR count). The van der Waals surface area contributed by atoms with Gasteiger partial charge in [0.2, 0.25) is 0 Å². The Kier molecular flexibility index (Phi) is 4.29. The highest BCUT2D eigenvalue weighted by molar-refractivity contribution is 7.86. The van der Waals surface area contributed by atoms with E-state index in [1.807, 2.05) is 0 Å². The summed E-state index contributed by atoms with van der Waals surface area (Å²) in [6.07, 6.45) is 1.72. The van der Waals surface area contributed by atoms with Crippen molar-refractivity contribution >= 4 is 10.2 Å². The quantitative estimate of drug-likeness (QED) is 0.470. The van der Waals surface area contributed by atoms with Crippen LogP contribution in [0.2, 0.25) is 0 Å². The molecule has 0 bridgehead atoms. The van der Waals surface area contributed by atoms with Crippen LogP contribution < -0.4 is 0 Å². The SMILES string of the molecule is [CH]=CCCOC(C)S(=O)(=O)F. The lowest BCUT2D eigenvalue weighted by atomic mass is 10.5. The minimum absolute atomic E-state index is 0.112. The summed E-state index contributed by atoms with van der Waals surface area (Å²) in [5, 5.41) is 0. The highest BCUT2D eigenvalue weighted by atomic mass is 32.3.